The van der Waals surface area contributed by atoms with Crippen LogP contribution >= 0.6 is 11.6 Å². The summed E-state index contributed by atoms with van der Waals surface area (Å²) in [6.07, 6.45) is 1.12. The van der Waals surface area contributed by atoms with Crippen LogP contribution in [0.25, 0.3) is 0 Å². The maximum absolute atomic E-state index is 11.2. The molecule has 0 aromatic carbocycles. The third-order valence-corrected chi connectivity index (χ3v) is 2.73. The average molecular weight is 249 g/mol. The summed E-state index contributed by atoms with van der Waals surface area (Å²) in [5, 5.41) is 2.76. The molecule has 1 heterocycles. The van der Waals surface area contributed by atoms with Crippen LogP contribution in [0.2, 0.25) is 0 Å². The Bertz CT molecular complexity index is 252. The fourth-order valence-corrected chi connectivity index (χ4v) is 1.76. The van der Waals surface area contributed by atoms with Crippen LogP contribution in [0.3, 0.4) is 0 Å². The van der Waals surface area contributed by atoms with Crippen molar-refractivity contribution in [2.75, 3.05) is 25.6 Å². The summed E-state index contributed by atoms with van der Waals surface area (Å²) >= 11 is 5.39. The predicted molar refractivity (Wildman–Crippen MR) is 60.5 cm³/mol. The van der Waals surface area contributed by atoms with Gasteiger partial charge in [0.15, 0.2) is 0 Å². The number of likely N-dealkylation sites (tertiary alicyclic amines) is 1. The van der Waals surface area contributed by atoms with E-state index in [1.807, 2.05) is 0 Å². The Morgan fingerprint density at radius 2 is 2.06 bits per heavy atom. The van der Waals surface area contributed by atoms with Crippen molar-refractivity contribution < 1.29 is 14.3 Å². The van der Waals surface area contributed by atoms with E-state index in [0.717, 1.165) is 12.8 Å². The van der Waals surface area contributed by atoms with E-state index in [4.69, 9.17) is 16.3 Å². The number of nitrogens with zero attached hydrogens (tertiary/aromatic N) is 1. The van der Waals surface area contributed by atoms with E-state index in [-0.39, 0.29) is 18.6 Å². The van der Waals surface area contributed by atoms with Crippen LogP contribution in [0.4, 0.5) is 4.79 Å². The van der Waals surface area contributed by atoms with Gasteiger partial charge < -0.3 is 15.0 Å². The van der Waals surface area contributed by atoms with E-state index < -0.39 is 6.09 Å². The molecule has 0 spiro atoms. The lowest BCUT2D eigenvalue weighted by Crippen LogP contribution is -2.46. The highest BCUT2D eigenvalue weighted by Gasteiger charge is 2.22. The molecule has 92 valence electrons. The molecule has 0 aromatic heterocycles. The summed E-state index contributed by atoms with van der Waals surface area (Å²) in [6.45, 7) is 3.16. The Morgan fingerprint density at radius 1 is 1.44 bits per heavy atom. The zero-order chi connectivity index (χ0) is 12.0. The molecule has 0 unspecified atom stereocenters. The first-order chi connectivity index (χ1) is 7.63. The molecule has 1 rings (SSSR count). The molecule has 0 atom stereocenters. The van der Waals surface area contributed by atoms with Gasteiger partial charge in [0.25, 0.3) is 0 Å². The molecule has 1 saturated heterocycles. The van der Waals surface area contributed by atoms with Gasteiger partial charge in [-0.25, -0.2) is 4.79 Å². The number of alkyl halides is 1. The molecule has 6 heteroatoms. The number of halogens is 1. The first-order valence-corrected chi connectivity index (χ1v) is 5.91. The Labute approximate surface area is 100 Å². The van der Waals surface area contributed by atoms with Crippen LogP contribution in [0.15, 0.2) is 0 Å². The number of nitrogens with one attached hydrogen (secondary N) is 1. The van der Waals surface area contributed by atoms with E-state index in [1.165, 1.54) is 0 Å². The lowest BCUT2D eigenvalue weighted by atomic mass is 10.1. The Morgan fingerprint density at radius 3 is 2.56 bits per heavy atom. The first kappa shape index (κ1) is 13.1. The van der Waals surface area contributed by atoms with Crippen LogP contribution in [0.1, 0.15) is 19.8 Å². The van der Waals surface area contributed by atoms with Crippen LogP contribution in [-0.2, 0) is 9.53 Å². The van der Waals surface area contributed by atoms with Crippen LogP contribution in [-0.4, -0.2) is 48.5 Å². The van der Waals surface area contributed by atoms with Gasteiger partial charge in [-0.2, -0.15) is 0 Å². The van der Waals surface area contributed by atoms with Crippen LogP contribution < -0.4 is 5.32 Å². The van der Waals surface area contributed by atoms with E-state index >= 15 is 0 Å². The van der Waals surface area contributed by atoms with Gasteiger partial charge in [-0.3, -0.25) is 4.79 Å². The topological polar surface area (TPSA) is 58.6 Å². The van der Waals surface area contributed by atoms with Crippen LogP contribution in [0, 0.1) is 0 Å². The van der Waals surface area contributed by atoms with Gasteiger partial charge in [-0.05, 0) is 12.8 Å². The summed E-state index contributed by atoms with van der Waals surface area (Å²) in [6, 6.07) is 0.0958. The van der Waals surface area contributed by atoms with Crippen molar-refractivity contribution in [3.8, 4) is 0 Å². The number of alkyl carbamates (subject to hydrolysis) is 1. The van der Waals surface area contributed by atoms with Gasteiger partial charge >= 0.3 is 6.09 Å². The molecule has 2 amide bonds. The quantitative estimate of drug-likeness (QED) is 0.757. The van der Waals surface area contributed by atoms with E-state index in [1.54, 1.807) is 11.8 Å². The molecule has 0 aliphatic carbocycles. The van der Waals surface area contributed by atoms with Gasteiger partial charge in [-0.15, -0.1) is 11.6 Å². The molecule has 0 radical (unpaired) electrons. The molecule has 5 nitrogen and oxygen atoms in total. The van der Waals surface area contributed by atoms with Crippen LogP contribution in [0.5, 0.6) is 0 Å². The molecule has 0 saturated carbocycles. The fraction of sp³-hybridized carbons (Fsp3) is 0.800. The largest absolute Gasteiger partial charge is 0.448 e. The minimum Gasteiger partial charge on any atom is -0.448 e. The normalized spacial score (nSPS) is 17.0. The zero-order valence-corrected chi connectivity index (χ0v) is 10.1. The number of piperidine rings is 1. The van der Waals surface area contributed by atoms with Crippen molar-refractivity contribution in [3.63, 3.8) is 0 Å². The highest BCUT2D eigenvalue weighted by atomic mass is 35.5. The van der Waals surface area contributed by atoms with Gasteiger partial charge in [0.1, 0.15) is 6.61 Å². The van der Waals surface area contributed by atoms with E-state index in [2.05, 4.69) is 5.32 Å². The monoisotopic (exact) mass is 248 g/mol. The number of rotatable bonds is 3. The lowest BCUT2D eigenvalue weighted by Gasteiger charge is -2.31. The van der Waals surface area contributed by atoms with Crippen molar-refractivity contribution >= 4 is 23.6 Å². The molecule has 1 aliphatic heterocycles. The minimum atomic E-state index is -0.429. The second kappa shape index (κ2) is 6.58. The second-order valence-corrected chi connectivity index (χ2v) is 4.13. The lowest BCUT2D eigenvalue weighted by molar-refractivity contribution is -0.129. The molecular formula is C10H17ClN2O3. The Balaban J connectivity index is 2.21. The molecule has 1 N–H and O–H groups in total. The first-order valence-electron chi connectivity index (χ1n) is 5.38. The smallest absolute Gasteiger partial charge is 0.407 e. The molecule has 1 fully saturated rings. The Kier molecular flexibility index (Phi) is 5.38. The van der Waals surface area contributed by atoms with Crippen molar-refractivity contribution in [3.05, 3.63) is 0 Å². The van der Waals surface area contributed by atoms with Crippen molar-refractivity contribution in [1.29, 1.82) is 0 Å². The van der Waals surface area contributed by atoms with Gasteiger partial charge in [0, 0.05) is 26.1 Å². The standard InChI is InChI=1S/C10H17ClN2O3/c1-8(14)13-5-2-9(3-6-13)12-10(15)16-7-4-11/h9H,2-7H2,1H3,(H,12,15). The SMILES string of the molecule is CC(=O)N1CCC(NC(=O)OCCCl)CC1. The highest BCUT2D eigenvalue weighted by molar-refractivity contribution is 6.18. The summed E-state index contributed by atoms with van der Waals surface area (Å²) in [7, 11) is 0. The number of hydrogen-bond donors (Lipinski definition) is 1. The maximum Gasteiger partial charge on any atom is 0.407 e. The zero-order valence-electron chi connectivity index (χ0n) is 9.37. The second-order valence-electron chi connectivity index (χ2n) is 3.75. The average Bonchev–Trinajstić information content (AvgIpc) is 2.27. The van der Waals surface area contributed by atoms with Crippen molar-refractivity contribution in [2.24, 2.45) is 0 Å². The van der Waals surface area contributed by atoms with Gasteiger partial charge in [0.2, 0.25) is 5.91 Å². The van der Waals surface area contributed by atoms with Crippen molar-refractivity contribution in [1.82, 2.24) is 10.2 Å². The number of carbonyl (C=O) groups is 2. The number of amides is 2. The summed E-state index contributed by atoms with van der Waals surface area (Å²) in [5.41, 5.74) is 0. The van der Waals surface area contributed by atoms with E-state index in [9.17, 15) is 9.59 Å². The summed E-state index contributed by atoms with van der Waals surface area (Å²) < 4.78 is 4.81. The van der Waals surface area contributed by atoms with Crippen molar-refractivity contribution in [2.45, 2.75) is 25.8 Å². The third-order valence-electron chi connectivity index (χ3n) is 2.57. The summed E-state index contributed by atoms with van der Waals surface area (Å²) in [5.74, 6) is 0.388. The summed E-state index contributed by atoms with van der Waals surface area (Å²) in [4.78, 5) is 24.1. The van der Waals surface area contributed by atoms with Gasteiger partial charge in [0.05, 0.1) is 5.88 Å². The minimum absolute atomic E-state index is 0.0863. The highest BCUT2D eigenvalue weighted by Crippen LogP contribution is 2.10. The number of carbonyl (C=O) groups excluding carboxylic acids is 2. The maximum atomic E-state index is 11.2. The van der Waals surface area contributed by atoms with Gasteiger partial charge in [-0.1, -0.05) is 0 Å². The predicted octanol–water partition coefficient (Wildman–Crippen LogP) is 0.962. The molecule has 0 bridgehead atoms. The fourth-order valence-electron chi connectivity index (χ4n) is 1.68. The third kappa shape index (κ3) is 4.26. The molecule has 16 heavy (non-hydrogen) atoms. The molecule has 0 aromatic rings. The number of hydrogen-bond acceptors (Lipinski definition) is 3. The number of ether oxygens (including phenoxy) is 1. The Hall–Kier alpha value is -0.970. The van der Waals surface area contributed by atoms with E-state index in [0.29, 0.717) is 19.0 Å². The molecular weight excluding hydrogens is 232 g/mol. The molecule has 1 aliphatic rings.